The van der Waals surface area contributed by atoms with E-state index in [1.165, 1.54) is 5.56 Å². The van der Waals surface area contributed by atoms with Crippen molar-refractivity contribution in [3.05, 3.63) is 33.8 Å². The number of methoxy groups -OCH3 is 1. The summed E-state index contributed by atoms with van der Waals surface area (Å²) in [5.74, 6) is 1.45. The van der Waals surface area contributed by atoms with Crippen LogP contribution in [0.25, 0.3) is 0 Å². The smallest absolute Gasteiger partial charge is 0.0595 e. The summed E-state index contributed by atoms with van der Waals surface area (Å²) in [5, 5.41) is 4.74. The standard InChI is InChI=1S/C14H17Cl2NO.ClH/c1-18-5-4-14(10-7-17-8-11(10)14)9-2-3-12(15)13(16)6-9;/h2-3,6,10-11,17H,4-5,7-8H2,1H3;1H/t10-,11+,14?;. The molecule has 5 heteroatoms. The average molecular weight is 323 g/mol. The van der Waals surface area contributed by atoms with Gasteiger partial charge in [0, 0.05) is 19.1 Å². The molecule has 0 bridgehead atoms. The fourth-order valence-corrected chi connectivity index (χ4v) is 3.95. The first-order valence-corrected chi connectivity index (χ1v) is 7.11. The Morgan fingerprint density at radius 2 is 1.95 bits per heavy atom. The molecule has 1 aliphatic heterocycles. The van der Waals surface area contributed by atoms with Gasteiger partial charge in [0.05, 0.1) is 10.0 Å². The number of fused-ring (bicyclic) bond motifs is 1. The number of halogens is 3. The highest BCUT2D eigenvalue weighted by Gasteiger charge is 2.66. The lowest BCUT2D eigenvalue weighted by atomic mass is 9.87. The van der Waals surface area contributed by atoms with Crippen LogP contribution < -0.4 is 5.32 Å². The normalized spacial score (nSPS) is 31.7. The topological polar surface area (TPSA) is 21.3 Å². The summed E-state index contributed by atoms with van der Waals surface area (Å²) in [6, 6.07) is 6.08. The first-order chi connectivity index (χ1) is 8.70. The van der Waals surface area contributed by atoms with Gasteiger partial charge in [-0.15, -0.1) is 12.4 Å². The average Bonchev–Trinajstić information content (AvgIpc) is 2.74. The SMILES string of the molecule is COCCC1(c2ccc(Cl)c(Cl)c2)[C@@H]2CNC[C@@H]21.Cl. The summed E-state index contributed by atoms with van der Waals surface area (Å²) in [7, 11) is 1.76. The van der Waals surface area contributed by atoms with E-state index < -0.39 is 0 Å². The van der Waals surface area contributed by atoms with Gasteiger partial charge >= 0.3 is 0 Å². The van der Waals surface area contributed by atoms with Crippen LogP contribution in [0, 0.1) is 11.8 Å². The van der Waals surface area contributed by atoms with E-state index in [1.807, 2.05) is 12.1 Å². The van der Waals surface area contributed by atoms with Gasteiger partial charge in [0.15, 0.2) is 0 Å². The van der Waals surface area contributed by atoms with Crippen LogP contribution in [0.4, 0.5) is 0 Å². The van der Waals surface area contributed by atoms with Gasteiger partial charge in [-0.2, -0.15) is 0 Å². The number of rotatable bonds is 4. The molecule has 2 fully saturated rings. The Hall–Kier alpha value is 0.01000. The summed E-state index contributed by atoms with van der Waals surface area (Å²) < 4.78 is 5.28. The van der Waals surface area contributed by atoms with E-state index in [0.29, 0.717) is 10.0 Å². The molecule has 3 rings (SSSR count). The van der Waals surface area contributed by atoms with Crippen LogP contribution in [0.1, 0.15) is 12.0 Å². The predicted octanol–water partition coefficient (Wildman–Crippen LogP) is 3.54. The molecule has 1 unspecified atom stereocenters. The molecule has 106 valence electrons. The molecule has 0 amide bonds. The molecule has 1 aliphatic carbocycles. The van der Waals surface area contributed by atoms with Crippen LogP contribution in [0.15, 0.2) is 18.2 Å². The zero-order valence-electron chi connectivity index (χ0n) is 10.8. The minimum absolute atomic E-state index is 0. The second-order valence-corrected chi connectivity index (χ2v) is 6.10. The van der Waals surface area contributed by atoms with Gasteiger partial charge in [-0.3, -0.25) is 0 Å². The van der Waals surface area contributed by atoms with E-state index >= 15 is 0 Å². The second kappa shape index (κ2) is 5.79. The van der Waals surface area contributed by atoms with Crippen LogP contribution in [0.3, 0.4) is 0 Å². The van der Waals surface area contributed by atoms with Gasteiger partial charge in [0.1, 0.15) is 0 Å². The van der Waals surface area contributed by atoms with Crippen LogP contribution >= 0.6 is 35.6 Å². The van der Waals surface area contributed by atoms with Gasteiger partial charge in [-0.25, -0.2) is 0 Å². The number of piperidine rings is 1. The van der Waals surface area contributed by atoms with Gasteiger partial charge in [0.25, 0.3) is 0 Å². The third-order valence-electron chi connectivity index (χ3n) is 4.61. The maximum absolute atomic E-state index is 6.16. The molecule has 19 heavy (non-hydrogen) atoms. The molecule has 0 spiro atoms. The molecule has 1 heterocycles. The number of benzene rings is 1. The maximum atomic E-state index is 6.16. The van der Waals surface area contributed by atoms with Crippen molar-refractivity contribution >= 4 is 35.6 Å². The minimum atomic E-state index is 0. The highest BCUT2D eigenvalue weighted by Crippen LogP contribution is 2.64. The Morgan fingerprint density at radius 3 is 2.53 bits per heavy atom. The summed E-state index contributed by atoms with van der Waals surface area (Å²) in [6.07, 6.45) is 1.07. The lowest BCUT2D eigenvalue weighted by Gasteiger charge is -2.22. The Morgan fingerprint density at radius 1 is 1.26 bits per heavy atom. The molecular weight excluding hydrogens is 305 g/mol. The molecule has 1 aromatic rings. The largest absolute Gasteiger partial charge is 0.385 e. The van der Waals surface area contributed by atoms with Crippen molar-refractivity contribution in [3.63, 3.8) is 0 Å². The van der Waals surface area contributed by atoms with Crippen molar-refractivity contribution in [2.45, 2.75) is 11.8 Å². The molecule has 1 saturated carbocycles. The van der Waals surface area contributed by atoms with Crippen molar-refractivity contribution in [2.75, 3.05) is 26.8 Å². The highest BCUT2D eigenvalue weighted by atomic mass is 35.5. The molecule has 3 atom stereocenters. The zero-order chi connectivity index (χ0) is 12.8. The van der Waals surface area contributed by atoms with E-state index in [0.717, 1.165) is 38.0 Å². The molecule has 1 saturated heterocycles. The zero-order valence-corrected chi connectivity index (χ0v) is 13.1. The number of hydrogen-bond donors (Lipinski definition) is 1. The Kier molecular flexibility index (Phi) is 4.69. The molecule has 1 N–H and O–H groups in total. The monoisotopic (exact) mass is 321 g/mol. The van der Waals surface area contributed by atoms with Gasteiger partial charge in [-0.1, -0.05) is 29.3 Å². The van der Waals surface area contributed by atoms with Crippen molar-refractivity contribution in [3.8, 4) is 0 Å². The first-order valence-electron chi connectivity index (χ1n) is 6.35. The second-order valence-electron chi connectivity index (χ2n) is 5.28. The van der Waals surface area contributed by atoms with E-state index in [4.69, 9.17) is 27.9 Å². The van der Waals surface area contributed by atoms with Crippen molar-refractivity contribution < 1.29 is 4.74 Å². The molecule has 1 aromatic carbocycles. The van der Waals surface area contributed by atoms with Crippen LogP contribution in [0.2, 0.25) is 10.0 Å². The Bertz CT molecular complexity index is 456. The predicted molar refractivity (Wildman–Crippen MR) is 81.7 cm³/mol. The third-order valence-corrected chi connectivity index (χ3v) is 5.34. The van der Waals surface area contributed by atoms with Gasteiger partial charge in [-0.05, 0) is 49.0 Å². The van der Waals surface area contributed by atoms with Crippen LogP contribution in [-0.4, -0.2) is 26.8 Å². The molecular formula is C14H18Cl3NO. The highest BCUT2D eigenvalue weighted by molar-refractivity contribution is 6.42. The van der Waals surface area contributed by atoms with E-state index in [1.54, 1.807) is 7.11 Å². The van der Waals surface area contributed by atoms with Crippen molar-refractivity contribution in [2.24, 2.45) is 11.8 Å². The van der Waals surface area contributed by atoms with E-state index in [9.17, 15) is 0 Å². The van der Waals surface area contributed by atoms with Crippen LogP contribution in [-0.2, 0) is 10.2 Å². The van der Waals surface area contributed by atoms with Crippen molar-refractivity contribution in [1.29, 1.82) is 0 Å². The number of nitrogens with one attached hydrogen (secondary N) is 1. The number of hydrogen-bond acceptors (Lipinski definition) is 2. The molecule has 2 nitrogen and oxygen atoms in total. The lowest BCUT2D eigenvalue weighted by Crippen LogP contribution is -2.26. The third kappa shape index (κ3) is 2.38. The van der Waals surface area contributed by atoms with Gasteiger partial charge < -0.3 is 10.1 Å². The fourth-order valence-electron chi connectivity index (χ4n) is 3.65. The summed E-state index contributed by atoms with van der Waals surface area (Å²) in [6.45, 7) is 3.01. The van der Waals surface area contributed by atoms with Crippen LogP contribution in [0.5, 0.6) is 0 Å². The summed E-state index contributed by atoms with van der Waals surface area (Å²) in [4.78, 5) is 0. The van der Waals surface area contributed by atoms with E-state index in [2.05, 4.69) is 11.4 Å². The maximum Gasteiger partial charge on any atom is 0.0595 e. The quantitative estimate of drug-likeness (QED) is 0.915. The van der Waals surface area contributed by atoms with Crippen molar-refractivity contribution in [1.82, 2.24) is 5.32 Å². The molecule has 0 radical (unpaired) electrons. The van der Waals surface area contributed by atoms with E-state index in [-0.39, 0.29) is 17.8 Å². The van der Waals surface area contributed by atoms with Gasteiger partial charge in [0.2, 0.25) is 0 Å². The molecule has 2 aliphatic rings. The molecule has 0 aromatic heterocycles. The summed E-state index contributed by atoms with van der Waals surface area (Å²) in [5.41, 5.74) is 1.58. The summed E-state index contributed by atoms with van der Waals surface area (Å²) >= 11 is 12.2. The minimum Gasteiger partial charge on any atom is -0.385 e. The fraction of sp³-hybridized carbons (Fsp3) is 0.571. The Balaban J connectivity index is 0.00000133. The lowest BCUT2D eigenvalue weighted by molar-refractivity contribution is 0.179. The first kappa shape index (κ1) is 15.4. The Labute approximate surface area is 130 Å². The number of ether oxygens (including phenoxy) is 1.